The first-order chi connectivity index (χ1) is 7.76. The smallest absolute Gasteiger partial charge is 0.268 e. The highest BCUT2D eigenvalue weighted by molar-refractivity contribution is 6.05. The van der Waals surface area contributed by atoms with Crippen LogP contribution in [0.2, 0.25) is 0 Å². The minimum atomic E-state index is -0.105. The highest BCUT2D eigenvalue weighted by Gasteiger charge is 2.29. The standard InChI is InChI=1S/C12H16N2O2/c1-3-11-9-6-4-5-8(16-2)7-10(9)12(15)14-13-11/h5,7,9H,3-4,6H2,1-2H3,(H,14,15). The number of nitrogens with one attached hydrogen (secondary N) is 1. The number of nitrogens with zero attached hydrogens (tertiary/aromatic N) is 1. The highest BCUT2D eigenvalue weighted by Crippen LogP contribution is 2.28. The van der Waals surface area contributed by atoms with Gasteiger partial charge >= 0.3 is 0 Å². The van der Waals surface area contributed by atoms with Crippen LogP contribution in [0.5, 0.6) is 0 Å². The van der Waals surface area contributed by atoms with Crippen LogP contribution in [0.1, 0.15) is 26.2 Å². The van der Waals surface area contributed by atoms with E-state index in [9.17, 15) is 4.79 Å². The number of ether oxygens (including phenoxy) is 1. The lowest BCUT2D eigenvalue weighted by atomic mass is 9.87. The van der Waals surface area contributed by atoms with Crippen molar-refractivity contribution in [3.8, 4) is 0 Å². The molecule has 4 nitrogen and oxygen atoms in total. The van der Waals surface area contributed by atoms with Gasteiger partial charge in [-0.1, -0.05) is 6.92 Å². The Labute approximate surface area is 95.1 Å². The third-order valence-corrected chi connectivity index (χ3v) is 3.04. The first-order valence-electron chi connectivity index (χ1n) is 5.58. The average Bonchev–Trinajstić information content (AvgIpc) is 2.52. The van der Waals surface area contributed by atoms with Crippen molar-refractivity contribution in [2.75, 3.05) is 7.11 Å². The third-order valence-electron chi connectivity index (χ3n) is 3.04. The summed E-state index contributed by atoms with van der Waals surface area (Å²) in [6.07, 6.45) is 6.56. The SMILES string of the molecule is CCC1=NNC(=O)C2=CC(OC)=CCCC21. The van der Waals surface area contributed by atoms with Crippen molar-refractivity contribution in [3.05, 3.63) is 23.5 Å². The van der Waals surface area contributed by atoms with E-state index in [4.69, 9.17) is 4.74 Å². The quantitative estimate of drug-likeness (QED) is 0.770. The van der Waals surface area contributed by atoms with E-state index >= 15 is 0 Å². The molecule has 0 saturated carbocycles. The Kier molecular flexibility index (Phi) is 3.08. The van der Waals surface area contributed by atoms with Crippen molar-refractivity contribution in [1.82, 2.24) is 5.43 Å². The van der Waals surface area contributed by atoms with Crippen LogP contribution in [-0.2, 0) is 9.53 Å². The summed E-state index contributed by atoms with van der Waals surface area (Å²) in [5.74, 6) is 0.819. The molecule has 86 valence electrons. The van der Waals surface area contributed by atoms with E-state index in [2.05, 4.69) is 17.5 Å². The van der Waals surface area contributed by atoms with Crippen LogP contribution >= 0.6 is 0 Å². The monoisotopic (exact) mass is 220 g/mol. The lowest BCUT2D eigenvalue weighted by Crippen LogP contribution is -2.35. The predicted octanol–water partition coefficient (Wildman–Crippen LogP) is 1.75. The molecule has 0 saturated heterocycles. The molecule has 1 N–H and O–H groups in total. The number of hydrogen-bond donors (Lipinski definition) is 1. The zero-order chi connectivity index (χ0) is 11.5. The van der Waals surface area contributed by atoms with Crippen LogP contribution in [0.4, 0.5) is 0 Å². The summed E-state index contributed by atoms with van der Waals surface area (Å²) < 4.78 is 5.20. The second-order valence-electron chi connectivity index (χ2n) is 3.94. The molecule has 4 heteroatoms. The molecule has 1 aliphatic heterocycles. The van der Waals surface area contributed by atoms with Gasteiger partial charge in [-0.15, -0.1) is 0 Å². The molecule has 1 amide bonds. The van der Waals surface area contributed by atoms with E-state index in [0.29, 0.717) is 0 Å². The highest BCUT2D eigenvalue weighted by atomic mass is 16.5. The van der Waals surface area contributed by atoms with Crippen molar-refractivity contribution < 1.29 is 9.53 Å². The Balaban J connectivity index is 2.36. The van der Waals surface area contributed by atoms with E-state index < -0.39 is 0 Å². The Bertz CT molecular complexity index is 394. The molecule has 0 aromatic heterocycles. The zero-order valence-electron chi connectivity index (χ0n) is 9.62. The van der Waals surface area contributed by atoms with Gasteiger partial charge < -0.3 is 4.74 Å². The van der Waals surface area contributed by atoms with E-state index in [-0.39, 0.29) is 11.8 Å². The summed E-state index contributed by atoms with van der Waals surface area (Å²) in [7, 11) is 1.62. The Morgan fingerprint density at radius 1 is 1.62 bits per heavy atom. The molecule has 0 fully saturated rings. The lowest BCUT2D eigenvalue weighted by Gasteiger charge is -2.23. The lowest BCUT2D eigenvalue weighted by molar-refractivity contribution is -0.118. The van der Waals surface area contributed by atoms with Gasteiger partial charge in [-0.05, 0) is 31.4 Å². The largest absolute Gasteiger partial charge is 0.497 e. The summed E-state index contributed by atoms with van der Waals surface area (Å²) in [5.41, 5.74) is 4.38. The van der Waals surface area contributed by atoms with Gasteiger partial charge in [-0.2, -0.15) is 5.10 Å². The fourth-order valence-corrected chi connectivity index (χ4v) is 2.16. The fraction of sp³-hybridized carbons (Fsp3) is 0.500. The van der Waals surface area contributed by atoms with Crippen LogP contribution in [-0.4, -0.2) is 18.7 Å². The first-order valence-corrected chi connectivity index (χ1v) is 5.58. The number of allylic oxidation sites excluding steroid dienone is 2. The summed E-state index contributed by atoms with van der Waals surface area (Å²) in [4.78, 5) is 11.7. The van der Waals surface area contributed by atoms with Gasteiger partial charge in [-0.25, -0.2) is 5.43 Å². The predicted molar refractivity (Wildman–Crippen MR) is 61.8 cm³/mol. The van der Waals surface area contributed by atoms with Gasteiger partial charge in [0.1, 0.15) is 5.76 Å². The molecular formula is C12H16N2O2. The summed E-state index contributed by atoms with van der Waals surface area (Å²) in [5, 5.41) is 4.12. The Morgan fingerprint density at radius 3 is 3.12 bits per heavy atom. The normalized spacial score (nSPS) is 24.5. The van der Waals surface area contributed by atoms with Crippen LogP contribution in [0.15, 0.2) is 28.6 Å². The van der Waals surface area contributed by atoms with Crippen molar-refractivity contribution in [1.29, 1.82) is 0 Å². The van der Waals surface area contributed by atoms with Crippen LogP contribution in [0, 0.1) is 5.92 Å². The van der Waals surface area contributed by atoms with Gasteiger partial charge in [0.25, 0.3) is 5.91 Å². The maximum absolute atomic E-state index is 11.7. The fourth-order valence-electron chi connectivity index (χ4n) is 2.16. The maximum Gasteiger partial charge on any atom is 0.268 e. The molecule has 2 rings (SSSR count). The maximum atomic E-state index is 11.7. The number of hydrogen-bond acceptors (Lipinski definition) is 3. The number of hydrazone groups is 1. The van der Waals surface area contributed by atoms with Crippen molar-refractivity contribution in [2.45, 2.75) is 26.2 Å². The van der Waals surface area contributed by atoms with Gasteiger partial charge in [0.2, 0.25) is 0 Å². The molecule has 1 heterocycles. The summed E-state index contributed by atoms with van der Waals surface area (Å²) in [6, 6.07) is 0. The molecule has 0 aromatic carbocycles. The second kappa shape index (κ2) is 4.51. The summed E-state index contributed by atoms with van der Waals surface area (Å²) >= 11 is 0. The van der Waals surface area contributed by atoms with Gasteiger partial charge in [0.05, 0.1) is 7.11 Å². The van der Waals surface area contributed by atoms with E-state index in [1.165, 1.54) is 0 Å². The third kappa shape index (κ3) is 1.87. The topological polar surface area (TPSA) is 50.7 Å². The number of carbonyl (C=O) groups is 1. The van der Waals surface area contributed by atoms with E-state index in [1.54, 1.807) is 7.11 Å². The molecular weight excluding hydrogens is 204 g/mol. The molecule has 0 radical (unpaired) electrons. The van der Waals surface area contributed by atoms with Crippen molar-refractivity contribution in [3.63, 3.8) is 0 Å². The van der Waals surface area contributed by atoms with E-state index in [1.807, 2.05) is 12.2 Å². The number of carbonyl (C=O) groups excluding carboxylic acids is 1. The average molecular weight is 220 g/mol. The minimum absolute atomic E-state index is 0.105. The molecule has 2 aliphatic rings. The molecule has 1 aliphatic carbocycles. The Morgan fingerprint density at radius 2 is 2.44 bits per heavy atom. The molecule has 1 atom stereocenters. The number of methoxy groups -OCH3 is 1. The van der Waals surface area contributed by atoms with Crippen molar-refractivity contribution >= 4 is 11.6 Å². The van der Waals surface area contributed by atoms with Gasteiger partial charge in [-0.3, -0.25) is 4.79 Å². The first kappa shape index (κ1) is 10.9. The second-order valence-corrected chi connectivity index (χ2v) is 3.94. The van der Waals surface area contributed by atoms with Gasteiger partial charge in [0.15, 0.2) is 0 Å². The zero-order valence-corrected chi connectivity index (χ0v) is 9.62. The van der Waals surface area contributed by atoms with Crippen LogP contribution < -0.4 is 5.43 Å². The molecule has 0 aromatic rings. The number of rotatable bonds is 2. The number of amides is 1. The number of fused-ring (bicyclic) bond motifs is 1. The van der Waals surface area contributed by atoms with Gasteiger partial charge in [0, 0.05) is 17.2 Å². The molecule has 0 spiro atoms. The van der Waals surface area contributed by atoms with Crippen LogP contribution in [0.25, 0.3) is 0 Å². The minimum Gasteiger partial charge on any atom is -0.497 e. The molecule has 0 bridgehead atoms. The summed E-state index contributed by atoms with van der Waals surface area (Å²) in [6.45, 7) is 2.06. The van der Waals surface area contributed by atoms with Crippen molar-refractivity contribution in [2.24, 2.45) is 11.0 Å². The van der Waals surface area contributed by atoms with Crippen LogP contribution in [0.3, 0.4) is 0 Å². The molecule has 1 unspecified atom stereocenters. The molecule has 16 heavy (non-hydrogen) atoms. The Hall–Kier alpha value is -1.58. The van der Waals surface area contributed by atoms with E-state index in [0.717, 1.165) is 36.3 Å².